The number of halogens is 3. The van der Waals surface area contributed by atoms with Gasteiger partial charge >= 0.3 is 5.51 Å². The van der Waals surface area contributed by atoms with E-state index in [1.165, 1.54) is 0 Å². The molecule has 0 atom stereocenters. The van der Waals surface area contributed by atoms with Crippen molar-refractivity contribution in [2.45, 2.75) is 12.4 Å². The van der Waals surface area contributed by atoms with Crippen LogP contribution in [0.5, 0.6) is 11.5 Å². The zero-order valence-corrected chi connectivity index (χ0v) is 12.0. The lowest BCUT2D eigenvalue weighted by atomic mass is 10.3. The van der Waals surface area contributed by atoms with E-state index in [-0.39, 0.29) is 17.5 Å². The monoisotopic (exact) mass is 309 g/mol. The molecule has 1 rings (SSSR count). The van der Waals surface area contributed by atoms with Crippen LogP contribution in [0.4, 0.5) is 13.2 Å². The molecule has 7 heteroatoms. The van der Waals surface area contributed by atoms with Crippen molar-refractivity contribution in [3.8, 4) is 11.5 Å². The van der Waals surface area contributed by atoms with E-state index in [0.717, 1.165) is 0 Å². The second kappa shape index (κ2) is 8.97. The molecule has 0 saturated heterocycles. The van der Waals surface area contributed by atoms with Crippen LogP contribution < -0.4 is 14.8 Å². The highest BCUT2D eigenvalue weighted by Crippen LogP contribution is 2.29. The van der Waals surface area contributed by atoms with E-state index in [9.17, 15) is 13.2 Å². The second-order valence-corrected chi connectivity index (χ2v) is 4.93. The Morgan fingerprint density at radius 1 is 1.10 bits per heavy atom. The molecule has 0 aromatic heterocycles. The van der Waals surface area contributed by atoms with Gasteiger partial charge in [0.2, 0.25) is 0 Å². The highest BCUT2D eigenvalue weighted by molar-refractivity contribution is 8.00. The van der Waals surface area contributed by atoms with E-state index in [2.05, 4.69) is 5.32 Å². The SMILES string of the molecule is CCOc1ccccc1OCCNCCSC(F)(F)F. The number of thioether (sulfide) groups is 1. The van der Waals surface area contributed by atoms with Gasteiger partial charge in [-0.25, -0.2) is 0 Å². The molecule has 0 amide bonds. The Kier molecular flexibility index (Phi) is 7.61. The number of hydrogen-bond donors (Lipinski definition) is 1. The zero-order valence-electron chi connectivity index (χ0n) is 11.2. The minimum Gasteiger partial charge on any atom is -0.490 e. The molecule has 3 nitrogen and oxygen atoms in total. The summed E-state index contributed by atoms with van der Waals surface area (Å²) in [7, 11) is 0. The van der Waals surface area contributed by atoms with Crippen molar-refractivity contribution in [3.63, 3.8) is 0 Å². The van der Waals surface area contributed by atoms with Crippen LogP contribution >= 0.6 is 11.8 Å². The molecular formula is C13H18F3NO2S. The summed E-state index contributed by atoms with van der Waals surface area (Å²) in [5, 5.41) is 2.89. The smallest absolute Gasteiger partial charge is 0.441 e. The third-order valence-electron chi connectivity index (χ3n) is 2.23. The Morgan fingerprint density at radius 3 is 2.35 bits per heavy atom. The van der Waals surface area contributed by atoms with Crippen molar-refractivity contribution in [2.24, 2.45) is 0 Å². The van der Waals surface area contributed by atoms with Crippen LogP contribution in [0.1, 0.15) is 6.92 Å². The van der Waals surface area contributed by atoms with Crippen molar-refractivity contribution < 1.29 is 22.6 Å². The van der Waals surface area contributed by atoms with Crippen LogP contribution in [0.25, 0.3) is 0 Å². The fraction of sp³-hybridized carbons (Fsp3) is 0.538. The summed E-state index contributed by atoms with van der Waals surface area (Å²) in [6.45, 7) is 3.59. The molecule has 0 spiro atoms. The van der Waals surface area contributed by atoms with Gasteiger partial charge in [-0.1, -0.05) is 12.1 Å². The molecule has 0 saturated carbocycles. The highest BCUT2D eigenvalue weighted by atomic mass is 32.2. The molecule has 0 aliphatic rings. The number of rotatable bonds is 9. The average Bonchev–Trinajstić information content (AvgIpc) is 2.38. The largest absolute Gasteiger partial charge is 0.490 e. The standard InChI is InChI=1S/C13H18F3NO2S/c1-2-18-11-5-3-4-6-12(11)19-9-7-17-8-10-20-13(14,15)16/h3-6,17H,2,7-10H2,1H3. The van der Waals surface area contributed by atoms with Gasteiger partial charge in [0.05, 0.1) is 6.61 Å². The molecule has 20 heavy (non-hydrogen) atoms. The quantitative estimate of drug-likeness (QED) is 0.709. The van der Waals surface area contributed by atoms with E-state index < -0.39 is 5.51 Å². The van der Waals surface area contributed by atoms with Crippen molar-refractivity contribution in [2.75, 3.05) is 32.1 Å². The molecule has 0 bridgehead atoms. The predicted molar refractivity (Wildman–Crippen MR) is 74.5 cm³/mol. The minimum absolute atomic E-state index is 0.000960. The molecule has 1 aromatic carbocycles. The van der Waals surface area contributed by atoms with Gasteiger partial charge in [0, 0.05) is 18.8 Å². The highest BCUT2D eigenvalue weighted by Gasteiger charge is 2.27. The summed E-state index contributed by atoms with van der Waals surface area (Å²) in [5.41, 5.74) is -4.16. The van der Waals surface area contributed by atoms with Crippen LogP contribution in [0.2, 0.25) is 0 Å². The maximum Gasteiger partial charge on any atom is 0.441 e. The number of benzene rings is 1. The topological polar surface area (TPSA) is 30.5 Å². The zero-order chi connectivity index (χ0) is 14.8. The van der Waals surface area contributed by atoms with E-state index in [0.29, 0.717) is 37.8 Å². The predicted octanol–water partition coefficient (Wildman–Crippen LogP) is 3.31. The van der Waals surface area contributed by atoms with E-state index in [1.807, 2.05) is 25.1 Å². The molecular weight excluding hydrogens is 291 g/mol. The van der Waals surface area contributed by atoms with Crippen LogP contribution in [-0.2, 0) is 0 Å². The first-order valence-corrected chi connectivity index (χ1v) is 7.27. The van der Waals surface area contributed by atoms with E-state index >= 15 is 0 Å². The molecule has 0 unspecified atom stereocenters. The Bertz CT molecular complexity index is 388. The minimum atomic E-state index is -4.16. The molecule has 0 aliphatic heterocycles. The number of hydrogen-bond acceptors (Lipinski definition) is 4. The van der Waals surface area contributed by atoms with Gasteiger partial charge in [0.25, 0.3) is 0 Å². The molecule has 0 aliphatic carbocycles. The molecule has 0 radical (unpaired) electrons. The van der Waals surface area contributed by atoms with Crippen molar-refractivity contribution in [3.05, 3.63) is 24.3 Å². The molecule has 1 aromatic rings. The number of para-hydroxylation sites is 2. The van der Waals surface area contributed by atoms with Crippen LogP contribution in [0.3, 0.4) is 0 Å². The molecule has 0 fully saturated rings. The first-order chi connectivity index (χ1) is 9.53. The summed E-state index contributed by atoms with van der Waals surface area (Å²) in [4.78, 5) is 0. The average molecular weight is 309 g/mol. The third-order valence-corrected chi connectivity index (χ3v) is 2.97. The maximum absolute atomic E-state index is 11.9. The second-order valence-electron chi connectivity index (χ2n) is 3.77. The summed E-state index contributed by atoms with van der Waals surface area (Å²) in [6.07, 6.45) is 0. The van der Waals surface area contributed by atoms with Gasteiger partial charge in [0.15, 0.2) is 11.5 Å². The first kappa shape index (κ1) is 17.0. The summed E-state index contributed by atoms with van der Waals surface area (Å²) < 4.78 is 46.5. The van der Waals surface area contributed by atoms with Gasteiger partial charge < -0.3 is 14.8 Å². The normalized spacial score (nSPS) is 11.4. The van der Waals surface area contributed by atoms with Gasteiger partial charge in [0.1, 0.15) is 6.61 Å². The lowest BCUT2D eigenvalue weighted by Gasteiger charge is -2.12. The summed E-state index contributed by atoms with van der Waals surface area (Å²) in [6, 6.07) is 7.30. The van der Waals surface area contributed by atoms with E-state index in [1.54, 1.807) is 6.07 Å². The van der Waals surface area contributed by atoms with Crippen molar-refractivity contribution in [1.29, 1.82) is 0 Å². The van der Waals surface area contributed by atoms with Crippen LogP contribution in [-0.4, -0.2) is 37.6 Å². The first-order valence-electron chi connectivity index (χ1n) is 6.29. The van der Waals surface area contributed by atoms with Gasteiger partial charge in [-0.3, -0.25) is 0 Å². The van der Waals surface area contributed by atoms with Gasteiger partial charge in [-0.05, 0) is 30.8 Å². The number of alkyl halides is 3. The summed E-state index contributed by atoms with van der Waals surface area (Å²) >= 11 is -0.0263. The fourth-order valence-electron chi connectivity index (χ4n) is 1.44. The Balaban J connectivity index is 2.15. The van der Waals surface area contributed by atoms with Gasteiger partial charge in [-0.2, -0.15) is 13.2 Å². The van der Waals surface area contributed by atoms with Crippen LogP contribution in [0, 0.1) is 0 Å². The Morgan fingerprint density at radius 2 is 1.75 bits per heavy atom. The van der Waals surface area contributed by atoms with Crippen molar-refractivity contribution in [1.82, 2.24) is 5.32 Å². The third kappa shape index (κ3) is 7.49. The number of nitrogens with one attached hydrogen (secondary N) is 1. The Labute approximate surface area is 120 Å². The van der Waals surface area contributed by atoms with Crippen LogP contribution in [0.15, 0.2) is 24.3 Å². The lowest BCUT2D eigenvalue weighted by Crippen LogP contribution is -2.24. The van der Waals surface area contributed by atoms with Crippen molar-refractivity contribution >= 4 is 11.8 Å². The van der Waals surface area contributed by atoms with Gasteiger partial charge in [-0.15, -0.1) is 0 Å². The van der Waals surface area contributed by atoms with E-state index in [4.69, 9.17) is 9.47 Å². The fourth-order valence-corrected chi connectivity index (χ4v) is 1.92. The molecule has 1 N–H and O–H groups in total. The maximum atomic E-state index is 11.9. The number of ether oxygens (including phenoxy) is 2. The lowest BCUT2D eigenvalue weighted by molar-refractivity contribution is -0.0327. The Hall–Kier alpha value is -1.08. The summed E-state index contributed by atoms with van der Waals surface area (Å²) in [5.74, 6) is 1.31. The molecule has 114 valence electrons. The molecule has 0 heterocycles.